The Morgan fingerprint density at radius 1 is 1.25 bits per heavy atom. The van der Waals surface area contributed by atoms with Gasteiger partial charge >= 0.3 is 0 Å². The van der Waals surface area contributed by atoms with Gasteiger partial charge in [0.05, 0.1) is 28.5 Å². The summed E-state index contributed by atoms with van der Waals surface area (Å²) in [4.78, 5) is 32.9. The number of aliphatic hydroxyl groups excluding tert-OH is 1. The highest BCUT2D eigenvalue weighted by Gasteiger charge is 2.45. The Hall–Kier alpha value is -3.07. The molecule has 1 aromatic heterocycles. The summed E-state index contributed by atoms with van der Waals surface area (Å²) < 4.78 is 29.6. The zero-order valence-corrected chi connectivity index (χ0v) is 15.9. The van der Waals surface area contributed by atoms with Crippen LogP contribution in [0.1, 0.15) is 18.5 Å². The van der Waals surface area contributed by atoms with Crippen molar-refractivity contribution in [2.24, 2.45) is 0 Å². The van der Waals surface area contributed by atoms with E-state index in [9.17, 15) is 23.5 Å². The van der Waals surface area contributed by atoms with Crippen molar-refractivity contribution >= 4 is 44.3 Å². The van der Waals surface area contributed by atoms with Crippen LogP contribution in [0.2, 0.25) is 0 Å². The van der Waals surface area contributed by atoms with Crippen LogP contribution < -0.4 is 4.90 Å². The Morgan fingerprint density at radius 3 is 2.57 bits per heavy atom. The molecule has 0 fully saturated rings. The lowest BCUT2D eigenvalue weighted by molar-refractivity contribution is -0.117. The molecule has 142 valence electrons. The van der Waals surface area contributed by atoms with E-state index in [1.807, 2.05) is 0 Å². The summed E-state index contributed by atoms with van der Waals surface area (Å²) in [6.45, 7) is 1.13. The predicted octanol–water partition coefficient (Wildman–Crippen LogP) is 4.09. The number of Topliss-reactive ketones (excluding diaryl/α,β-unsaturated/α-hetero) is 1. The molecule has 0 spiro atoms. The smallest absolute Gasteiger partial charge is 0.294 e. The van der Waals surface area contributed by atoms with Gasteiger partial charge in [0.25, 0.3) is 5.91 Å². The standard InChI is InChI=1S/C19H12BrF2N3O3/c1-8(26)15-17(16-11(21)4-9(20)5-12(16)22)25(19(28)18(15)27)10-2-3-13-14(6-10)24-7-23-13/h2-7,17,27H,1H3,(H,23,24). The van der Waals surface area contributed by atoms with Crippen LogP contribution in [-0.4, -0.2) is 26.8 Å². The van der Waals surface area contributed by atoms with Gasteiger partial charge in [0.1, 0.15) is 17.7 Å². The molecule has 0 radical (unpaired) electrons. The molecule has 1 aliphatic rings. The quantitative estimate of drug-likeness (QED) is 0.632. The summed E-state index contributed by atoms with van der Waals surface area (Å²) >= 11 is 3.01. The fraction of sp³-hybridized carbons (Fsp3) is 0.105. The maximum atomic E-state index is 14.7. The van der Waals surface area contributed by atoms with E-state index < -0.39 is 40.7 Å². The average molecular weight is 448 g/mol. The topological polar surface area (TPSA) is 86.3 Å². The Labute approximate surface area is 165 Å². The van der Waals surface area contributed by atoms with Gasteiger partial charge in [-0.2, -0.15) is 0 Å². The number of aromatic amines is 1. The number of amides is 1. The first-order valence-electron chi connectivity index (χ1n) is 8.14. The molecule has 2 N–H and O–H groups in total. The van der Waals surface area contributed by atoms with Crippen molar-refractivity contribution in [2.75, 3.05) is 4.90 Å². The van der Waals surface area contributed by atoms with Gasteiger partial charge in [-0.1, -0.05) is 15.9 Å². The van der Waals surface area contributed by atoms with Crippen LogP contribution in [0.4, 0.5) is 14.5 Å². The highest BCUT2D eigenvalue weighted by Crippen LogP contribution is 2.43. The van der Waals surface area contributed by atoms with Crippen LogP contribution >= 0.6 is 15.9 Å². The molecule has 0 saturated heterocycles. The van der Waals surface area contributed by atoms with Crippen LogP contribution in [0, 0.1) is 11.6 Å². The maximum absolute atomic E-state index is 14.7. The molecular formula is C19H12BrF2N3O3. The van der Waals surface area contributed by atoms with E-state index in [2.05, 4.69) is 25.9 Å². The number of carbonyl (C=O) groups is 2. The molecule has 4 rings (SSSR count). The number of anilines is 1. The van der Waals surface area contributed by atoms with E-state index in [0.717, 1.165) is 24.0 Å². The van der Waals surface area contributed by atoms with Gasteiger partial charge in [0.15, 0.2) is 11.5 Å². The highest BCUT2D eigenvalue weighted by atomic mass is 79.9. The van der Waals surface area contributed by atoms with Crippen molar-refractivity contribution in [3.8, 4) is 0 Å². The minimum atomic E-state index is -1.45. The number of carbonyl (C=O) groups excluding carboxylic acids is 2. The maximum Gasteiger partial charge on any atom is 0.294 e. The second-order valence-electron chi connectivity index (χ2n) is 6.28. The summed E-state index contributed by atoms with van der Waals surface area (Å²) in [6, 6.07) is 5.32. The lowest BCUT2D eigenvalue weighted by atomic mass is 9.95. The second-order valence-corrected chi connectivity index (χ2v) is 7.20. The lowest BCUT2D eigenvalue weighted by Gasteiger charge is -2.27. The first-order valence-corrected chi connectivity index (χ1v) is 8.94. The fourth-order valence-corrected chi connectivity index (χ4v) is 3.79. The second kappa shape index (κ2) is 6.52. The largest absolute Gasteiger partial charge is 0.503 e. The molecule has 9 heteroatoms. The number of aliphatic hydroxyl groups is 1. The SMILES string of the molecule is CC(=O)C1=C(O)C(=O)N(c2ccc3nc[nH]c3c2)C1c1c(F)cc(Br)cc1F. The molecule has 0 aliphatic carbocycles. The molecule has 0 bridgehead atoms. The Kier molecular flexibility index (Phi) is 4.26. The fourth-order valence-electron chi connectivity index (χ4n) is 3.39. The summed E-state index contributed by atoms with van der Waals surface area (Å²) in [5, 5.41) is 10.3. The summed E-state index contributed by atoms with van der Waals surface area (Å²) in [6.07, 6.45) is 1.46. The normalized spacial score (nSPS) is 17.1. The van der Waals surface area contributed by atoms with Crippen LogP contribution in [0.3, 0.4) is 0 Å². The van der Waals surface area contributed by atoms with Crippen LogP contribution in [0.25, 0.3) is 11.0 Å². The molecule has 1 aliphatic heterocycles. The number of fused-ring (bicyclic) bond motifs is 1. The Bertz CT molecular complexity index is 1170. The van der Waals surface area contributed by atoms with Crippen molar-refractivity contribution < 1.29 is 23.5 Å². The number of benzene rings is 2. The molecule has 3 aromatic rings. The Morgan fingerprint density at radius 2 is 1.93 bits per heavy atom. The van der Waals surface area contributed by atoms with Gasteiger partial charge in [0, 0.05) is 10.2 Å². The van der Waals surface area contributed by atoms with Crippen molar-refractivity contribution in [3.05, 3.63) is 69.7 Å². The van der Waals surface area contributed by atoms with Gasteiger partial charge < -0.3 is 10.1 Å². The van der Waals surface area contributed by atoms with Gasteiger partial charge in [-0.25, -0.2) is 13.8 Å². The molecule has 2 heterocycles. The lowest BCUT2D eigenvalue weighted by Crippen LogP contribution is -2.32. The Balaban J connectivity index is 1.97. The van der Waals surface area contributed by atoms with Crippen molar-refractivity contribution in [3.63, 3.8) is 0 Å². The van der Waals surface area contributed by atoms with E-state index in [1.54, 1.807) is 12.1 Å². The van der Waals surface area contributed by atoms with Crippen LogP contribution in [0.5, 0.6) is 0 Å². The molecule has 1 atom stereocenters. The van der Waals surface area contributed by atoms with E-state index in [-0.39, 0.29) is 15.7 Å². The van der Waals surface area contributed by atoms with Crippen LogP contribution in [-0.2, 0) is 9.59 Å². The number of hydrogen-bond donors (Lipinski definition) is 2. The number of hydrogen-bond acceptors (Lipinski definition) is 4. The van der Waals surface area contributed by atoms with E-state index >= 15 is 0 Å². The van der Waals surface area contributed by atoms with Gasteiger partial charge in [0.2, 0.25) is 0 Å². The third kappa shape index (κ3) is 2.70. The number of ketones is 1. The average Bonchev–Trinajstić information content (AvgIpc) is 3.17. The monoisotopic (exact) mass is 447 g/mol. The molecule has 1 amide bonds. The van der Waals surface area contributed by atoms with E-state index in [4.69, 9.17) is 0 Å². The zero-order valence-electron chi connectivity index (χ0n) is 14.3. The third-order valence-electron chi connectivity index (χ3n) is 4.59. The van der Waals surface area contributed by atoms with Crippen molar-refractivity contribution in [1.29, 1.82) is 0 Å². The van der Waals surface area contributed by atoms with Gasteiger partial charge in [-0.15, -0.1) is 0 Å². The van der Waals surface area contributed by atoms with Crippen LogP contribution in [0.15, 0.2) is 52.5 Å². The summed E-state index contributed by atoms with van der Waals surface area (Å²) in [5.41, 5.74) is 0.579. The van der Waals surface area contributed by atoms with Gasteiger partial charge in [-0.05, 0) is 37.3 Å². The number of rotatable bonds is 3. The minimum Gasteiger partial charge on any atom is -0.503 e. The number of imidazole rings is 1. The van der Waals surface area contributed by atoms with Crippen molar-refractivity contribution in [1.82, 2.24) is 9.97 Å². The molecule has 2 aromatic carbocycles. The first kappa shape index (κ1) is 18.3. The number of nitrogens with one attached hydrogen (secondary N) is 1. The molecule has 28 heavy (non-hydrogen) atoms. The number of nitrogens with zero attached hydrogens (tertiary/aromatic N) is 2. The highest BCUT2D eigenvalue weighted by molar-refractivity contribution is 9.10. The van der Waals surface area contributed by atoms with E-state index in [1.165, 1.54) is 12.4 Å². The zero-order chi connectivity index (χ0) is 20.2. The summed E-state index contributed by atoms with van der Waals surface area (Å²) in [5.74, 6) is -4.32. The molecule has 1 unspecified atom stereocenters. The molecule has 0 saturated carbocycles. The predicted molar refractivity (Wildman–Crippen MR) is 101 cm³/mol. The first-order chi connectivity index (χ1) is 13.3. The summed E-state index contributed by atoms with van der Waals surface area (Å²) in [7, 11) is 0. The minimum absolute atomic E-state index is 0.165. The number of aromatic nitrogens is 2. The third-order valence-corrected chi connectivity index (χ3v) is 5.04. The van der Waals surface area contributed by atoms with E-state index in [0.29, 0.717) is 11.0 Å². The van der Waals surface area contributed by atoms with Crippen molar-refractivity contribution in [2.45, 2.75) is 13.0 Å². The number of H-pyrrole nitrogens is 1. The van der Waals surface area contributed by atoms with Gasteiger partial charge in [-0.3, -0.25) is 14.5 Å². The molecule has 6 nitrogen and oxygen atoms in total. The molecular weight excluding hydrogens is 436 g/mol. The number of halogens is 3.